The molecule has 34 heavy (non-hydrogen) atoms. The van der Waals surface area contributed by atoms with E-state index in [4.69, 9.17) is 9.72 Å². The van der Waals surface area contributed by atoms with Gasteiger partial charge >= 0.3 is 0 Å². The zero-order valence-corrected chi connectivity index (χ0v) is 21.1. The van der Waals surface area contributed by atoms with Gasteiger partial charge in [-0.1, -0.05) is 45.9 Å². The van der Waals surface area contributed by atoms with Crippen LogP contribution in [0.2, 0.25) is 0 Å². The first-order valence-corrected chi connectivity index (χ1v) is 12.2. The Kier molecular flexibility index (Phi) is 7.24. The third-order valence-electron chi connectivity index (χ3n) is 6.59. The summed E-state index contributed by atoms with van der Waals surface area (Å²) in [5, 5.41) is 2.95. The number of aromatic nitrogens is 2. The van der Waals surface area contributed by atoms with E-state index >= 15 is 0 Å². The van der Waals surface area contributed by atoms with E-state index in [1.54, 1.807) is 0 Å². The molecule has 0 unspecified atom stereocenters. The van der Waals surface area contributed by atoms with Crippen LogP contribution in [0.5, 0.6) is 5.75 Å². The van der Waals surface area contributed by atoms with Gasteiger partial charge in [0.2, 0.25) is 0 Å². The smallest absolute Gasteiger partial charge is 0.262 e. The zero-order valence-electron chi connectivity index (χ0n) is 21.1. The van der Waals surface area contributed by atoms with E-state index in [9.17, 15) is 4.79 Å². The first-order chi connectivity index (χ1) is 16.2. The van der Waals surface area contributed by atoms with Crippen molar-refractivity contribution in [2.75, 3.05) is 44.6 Å². The molecule has 1 aromatic heterocycles. The number of para-hydroxylation sites is 1. The average molecular weight is 464 g/mol. The Bertz CT molecular complexity index is 1140. The molecule has 2 aromatic carbocycles. The van der Waals surface area contributed by atoms with Gasteiger partial charge in [0.05, 0.1) is 17.6 Å². The molecule has 0 radical (unpaired) electrons. The molecule has 182 valence electrons. The minimum atomic E-state index is -0.187. The van der Waals surface area contributed by atoms with Crippen molar-refractivity contribution in [3.8, 4) is 5.75 Å². The lowest BCUT2D eigenvalue weighted by molar-refractivity contribution is -0.118. The van der Waals surface area contributed by atoms with Crippen LogP contribution >= 0.6 is 0 Å². The normalized spacial score (nSPS) is 15.6. The molecule has 1 aliphatic heterocycles. The molecule has 0 bridgehead atoms. The predicted molar refractivity (Wildman–Crippen MR) is 137 cm³/mol. The van der Waals surface area contributed by atoms with Gasteiger partial charge in [-0.2, -0.15) is 0 Å². The lowest BCUT2D eigenvalue weighted by Crippen LogP contribution is -2.45. The number of likely N-dealkylation sites (N-methyl/N-ethyl adjacent to an activating group) is 1. The predicted octanol–water partition coefficient (Wildman–Crippen LogP) is 4.03. The summed E-state index contributed by atoms with van der Waals surface area (Å²) >= 11 is 0. The number of carbonyl (C=O) groups is 1. The van der Waals surface area contributed by atoms with Crippen molar-refractivity contribution in [1.82, 2.24) is 19.4 Å². The van der Waals surface area contributed by atoms with Crippen molar-refractivity contribution < 1.29 is 9.53 Å². The summed E-state index contributed by atoms with van der Waals surface area (Å²) in [7, 11) is 2.06. The van der Waals surface area contributed by atoms with Crippen LogP contribution in [0.25, 0.3) is 11.0 Å². The molecular weight excluding hydrogens is 426 g/mol. The zero-order chi connectivity index (χ0) is 24.3. The fourth-order valence-corrected chi connectivity index (χ4v) is 4.48. The lowest BCUT2D eigenvalue weighted by Gasteiger charge is -2.33. The second-order valence-electron chi connectivity index (χ2n) is 10.1. The Balaban J connectivity index is 1.39. The molecule has 4 rings (SSSR count). The molecule has 1 fully saturated rings. The second kappa shape index (κ2) is 10.2. The van der Waals surface area contributed by atoms with E-state index in [1.807, 2.05) is 42.5 Å². The number of amides is 1. The number of benzene rings is 2. The summed E-state index contributed by atoms with van der Waals surface area (Å²) in [4.78, 5) is 22.4. The number of hydrogen-bond donors (Lipinski definition) is 1. The Morgan fingerprint density at radius 3 is 2.47 bits per heavy atom. The molecular formula is C27H37N5O2. The summed E-state index contributed by atoms with van der Waals surface area (Å²) in [6, 6.07) is 13.8. The highest BCUT2D eigenvalue weighted by atomic mass is 16.5. The first kappa shape index (κ1) is 24.2. The van der Waals surface area contributed by atoms with Gasteiger partial charge < -0.3 is 19.5 Å². The van der Waals surface area contributed by atoms with Crippen molar-refractivity contribution in [2.45, 2.75) is 39.7 Å². The Morgan fingerprint density at radius 2 is 1.76 bits per heavy atom. The van der Waals surface area contributed by atoms with Crippen LogP contribution < -0.4 is 10.1 Å². The van der Waals surface area contributed by atoms with Crippen LogP contribution in [0.1, 0.15) is 39.1 Å². The molecule has 3 aromatic rings. The molecule has 1 N–H and O–H groups in total. The topological polar surface area (TPSA) is 62.6 Å². The van der Waals surface area contributed by atoms with Crippen molar-refractivity contribution in [3.05, 3.63) is 53.9 Å². The summed E-state index contributed by atoms with van der Waals surface area (Å²) in [6.45, 7) is 14.9. The fraction of sp³-hybridized carbons (Fsp3) is 0.481. The molecule has 1 amide bonds. The number of imidazole rings is 1. The summed E-state index contributed by atoms with van der Waals surface area (Å²) in [6.07, 6.45) is 0. The SMILES string of the molecule is CCN1CCN(Cc2nc3cc(NC(=O)COc4ccccc4C(C)(C)C)ccc3n2C)CC1. The molecule has 0 spiro atoms. The molecule has 7 heteroatoms. The maximum Gasteiger partial charge on any atom is 0.262 e. The first-order valence-electron chi connectivity index (χ1n) is 12.2. The van der Waals surface area contributed by atoms with Crippen LogP contribution in [0.15, 0.2) is 42.5 Å². The number of fused-ring (bicyclic) bond motifs is 1. The Morgan fingerprint density at radius 1 is 1.06 bits per heavy atom. The highest BCUT2D eigenvalue weighted by molar-refractivity contribution is 5.94. The number of ether oxygens (including phenoxy) is 1. The quantitative estimate of drug-likeness (QED) is 0.573. The third-order valence-corrected chi connectivity index (χ3v) is 6.59. The average Bonchev–Trinajstić information content (AvgIpc) is 3.12. The minimum Gasteiger partial charge on any atom is -0.483 e. The van der Waals surface area contributed by atoms with Gasteiger partial charge in [0.15, 0.2) is 6.61 Å². The Hall–Kier alpha value is -2.90. The van der Waals surface area contributed by atoms with Crippen LogP contribution in [-0.4, -0.2) is 64.6 Å². The number of piperazine rings is 1. The molecule has 0 aliphatic carbocycles. The number of nitrogens with one attached hydrogen (secondary N) is 1. The van der Waals surface area contributed by atoms with E-state index in [1.165, 1.54) is 0 Å². The largest absolute Gasteiger partial charge is 0.483 e. The highest BCUT2D eigenvalue weighted by Gasteiger charge is 2.20. The van der Waals surface area contributed by atoms with Gasteiger partial charge in [0.25, 0.3) is 5.91 Å². The van der Waals surface area contributed by atoms with E-state index in [0.717, 1.165) is 73.1 Å². The monoisotopic (exact) mass is 463 g/mol. The number of anilines is 1. The standard InChI is InChI=1S/C27H37N5O2/c1-6-31-13-15-32(16-14-31)18-25-29-22-17-20(11-12-23(22)30(25)5)28-26(33)19-34-24-10-8-7-9-21(24)27(2,3)4/h7-12,17H,6,13-16,18-19H2,1-5H3,(H,28,33). The van der Waals surface area contributed by atoms with Gasteiger partial charge in [-0.3, -0.25) is 9.69 Å². The molecule has 2 heterocycles. The number of hydrogen-bond acceptors (Lipinski definition) is 5. The maximum absolute atomic E-state index is 12.6. The fourth-order valence-electron chi connectivity index (χ4n) is 4.48. The van der Waals surface area contributed by atoms with Crippen molar-refractivity contribution in [2.24, 2.45) is 7.05 Å². The summed E-state index contributed by atoms with van der Waals surface area (Å²) < 4.78 is 8.02. The van der Waals surface area contributed by atoms with Crippen molar-refractivity contribution in [1.29, 1.82) is 0 Å². The van der Waals surface area contributed by atoms with Gasteiger partial charge in [-0.15, -0.1) is 0 Å². The molecule has 0 saturated carbocycles. The lowest BCUT2D eigenvalue weighted by atomic mass is 9.86. The van der Waals surface area contributed by atoms with Crippen LogP contribution in [0.4, 0.5) is 5.69 Å². The summed E-state index contributed by atoms with van der Waals surface area (Å²) in [5.74, 6) is 1.60. The van der Waals surface area contributed by atoms with Crippen molar-refractivity contribution >= 4 is 22.6 Å². The van der Waals surface area contributed by atoms with Crippen LogP contribution in [-0.2, 0) is 23.8 Å². The highest BCUT2D eigenvalue weighted by Crippen LogP contribution is 2.31. The van der Waals surface area contributed by atoms with Gasteiger partial charge in [-0.05, 0) is 41.8 Å². The number of aryl methyl sites for hydroxylation is 1. The molecule has 7 nitrogen and oxygen atoms in total. The number of nitrogens with zero attached hydrogens (tertiary/aromatic N) is 4. The second-order valence-corrected chi connectivity index (χ2v) is 10.1. The van der Waals surface area contributed by atoms with E-state index in [-0.39, 0.29) is 17.9 Å². The summed E-state index contributed by atoms with van der Waals surface area (Å²) in [5.41, 5.74) is 3.71. The Labute approximate surface area is 202 Å². The van der Waals surface area contributed by atoms with E-state index < -0.39 is 0 Å². The van der Waals surface area contributed by atoms with Crippen LogP contribution in [0.3, 0.4) is 0 Å². The number of rotatable bonds is 7. The molecule has 0 atom stereocenters. The third kappa shape index (κ3) is 5.59. The van der Waals surface area contributed by atoms with Gasteiger partial charge in [0, 0.05) is 38.9 Å². The van der Waals surface area contributed by atoms with Gasteiger partial charge in [-0.25, -0.2) is 4.98 Å². The number of carbonyl (C=O) groups excluding carboxylic acids is 1. The van der Waals surface area contributed by atoms with E-state index in [0.29, 0.717) is 0 Å². The molecule has 1 saturated heterocycles. The van der Waals surface area contributed by atoms with E-state index in [2.05, 4.69) is 54.4 Å². The molecule has 1 aliphatic rings. The maximum atomic E-state index is 12.6. The van der Waals surface area contributed by atoms with Gasteiger partial charge in [0.1, 0.15) is 11.6 Å². The van der Waals surface area contributed by atoms with Crippen LogP contribution in [0, 0.1) is 0 Å². The minimum absolute atomic E-state index is 0.0393. The van der Waals surface area contributed by atoms with Crippen molar-refractivity contribution in [3.63, 3.8) is 0 Å².